The van der Waals surface area contributed by atoms with E-state index < -0.39 is 0 Å². The van der Waals surface area contributed by atoms with Gasteiger partial charge in [0.25, 0.3) is 5.56 Å². The second-order valence-corrected chi connectivity index (χ2v) is 4.23. The van der Waals surface area contributed by atoms with Gasteiger partial charge in [0.1, 0.15) is 0 Å². The molecule has 98 valence electrons. The van der Waals surface area contributed by atoms with E-state index in [9.17, 15) is 9.59 Å². The van der Waals surface area contributed by atoms with Gasteiger partial charge in [0, 0.05) is 19.2 Å². The third kappa shape index (κ3) is 3.94. The van der Waals surface area contributed by atoms with Crippen molar-refractivity contribution in [3.05, 3.63) is 22.5 Å². The Hall–Kier alpha value is -1.73. The maximum atomic E-state index is 11.8. The molecular weight excluding hydrogens is 234 g/mol. The zero-order valence-corrected chi connectivity index (χ0v) is 10.1. The number of hydrogen-bond acceptors (Lipinski definition) is 5. The average molecular weight is 251 g/mol. The van der Waals surface area contributed by atoms with Crippen LogP contribution in [0.4, 0.5) is 5.82 Å². The van der Waals surface area contributed by atoms with E-state index in [1.54, 1.807) is 0 Å². The Balaban J connectivity index is 1.84. The molecule has 1 aliphatic rings. The summed E-state index contributed by atoms with van der Waals surface area (Å²) in [5, 5.41) is 11.9. The van der Waals surface area contributed by atoms with Gasteiger partial charge in [0.2, 0.25) is 5.91 Å². The Morgan fingerprint density at radius 1 is 1.39 bits per heavy atom. The van der Waals surface area contributed by atoms with Gasteiger partial charge in [-0.25, -0.2) is 5.10 Å². The summed E-state index contributed by atoms with van der Waals surface area (Å²) in [7, 11) is 0. The SMILES string of the molecule is O=C(CN1CCCNCC1)Nc1ccc(=O)[nH]n1. The molecule has 1 fully saturated rings. The first-order valence-corrected chi connectivity index (χ1v) is 6.03. The van der Waals surface area contributed by atoms with Crippen molar-refractivity contribution >= 4 is 11.7 Å². The number of amides is 1. The number of H-pyrrole nitrogens is 1. The summed E-state index contributed by atoms with van der Waals surface area (Å²) in [6.07, 6.45) is 1.05. The molecule has 7 heteroatoms. The van der Waals surface area contributed by atoms with Crippen molar-refractivity contribution in [2.45, 2.75) is 6.42 Å². The van der Waals surface area contributed by atoms with Crippen LogP contribution < -0.4 is 16.2 Å². The molecule has 1 amide bonds. The zero-order valence-electron chi connectivity index (χ0n) is 10.1. The average Bonchev–Trinajstić information content (AvgIpc) is 2.61. The fraction of sp³-hybridized carbons (Fsp3) is 0.545. The molecular formula is C11H17N5O2. The van der Waals surface area contributed by atoms with E-state index in [2.05, 4.69) is 25.7 Å². The summed E-state index contributed by atoms with van der Waals surface area (Å²) in [5.41, 5.74) is -0.286. The number of nitrogens with one attached hydrogen (secondary N) is 3. The Kier molecular flexibility index (Phi) is 4.43. The lowest BCUT2D eigenvalue weighted by molar-refractivity contribution is -0.117. The number of carbonyl (C=O) groups excluding carboxylic acids is 1. The first kappa shape index (κ1) is 12.7. The van der Waals surface area contributed by atoms with Gasteiger partial charge in [0.15, 0.2) is 5.82 Å². The molecule has 1 aromatic heterocycles. The van der Waals surface area contributed by atoms with E-state index in [1.165, 1.54) is 12.1 Å². The molecule has 3 N–H and O–H groups in total. The third-order valence-electron chi connectivity index (χ3n) is 2.75. The maximum Gasteiger partial charge on any atom is 0.264 e. The minimum Gasteiger partial charge on any atom is -0.315 e. The molecule has 18 heavy (non-hydrogen) atoms. The lowest BCUT2D eigenvalue weighted by Crippen LogP contribution is -2.35. The largest absolute Gasteiger partial charge is 0.315 e. The Bertz CT molecular complexity index is 430. The van der Waals surface area contributed by atoms with Gasteiger partial charge < -0.3 is 10.6 Å². The van der Waals surface area contributed by atoms with E-state index in [-0.39, 0.29) is 11.5 Å². The quantitative estimate of drug-likeness (QED) is 0.641. The summed E-state index contributed by atoms with van der Waals surface area (Å²) in [6.45, 7) is 4.04. The molecule has 0 aliphatic carbocycles. The zero-order chi connectivity index (χ0) is 12.8. The van der Waals surface area contributed by atoms with E-state index in [4.69, 9.17) is 0 Å². The minimum atomic E-state index is -0.286. The summed E-state index contributed by atoms with van der Waals surface area (Å²) in [4.78, 5) is 24.7. The fourth-order valence-electron chi connectivity index (χ4n) is 1.86. The van der Waals surface area contributed by atoms with Crippen LogP contribution in [0.1, 0.15) is 6.42 Å². The van der Waals surface area contributed by atoms with Crippen molar-refractivity contribution < 1.29 is 4.79 Å². The highest BCUT2D eigenvalue weighted by atomic mass is 16.2. The minimum absolute atomic E-state index is 0.114. The van der Waals surface area contributed by atoms with Crippen molar-refractivity contribution in [1.82, 2.24) is 20.4 Å². The number of carbonyl (C=O) groups is 1. The molecule has 2 rings (SSSR count). The Morgan fingerprint density at radius 3 is 3.06 bits per heavy atom. The molecule has 0 unspecified atom stereocenters. The van der Waals surface area contributed by atoms with Crippen molar-refractivity contribution in [1.29, 1.82) is 0 Å². The van der Waals surface area contributed by atoms with Crippen molar-refractivity contribution in [3.63, 3.8) is 0 Å². The second kappa shape index (κ2) is 6.27. The van der Waals surface area contributed by atoms with Crippen LogP contribution in [0.15, 0.2) is 16.9 Å². The Morgan fingerprint density at radius 2 is 2.28 bits per heavy atom. The van der Waals surface area contributed by atoms with E-state index in [0.717, 1.165) is 32.6 Å². The number of aromatic amines is 1. The molecule has 1 aromatic rings. The first-order chi connectivity index (χ1) is 8.74. The molecule has 0 atom stereocenters. The van der Waals surface area contributed by atoms with Crippen LogP contribution in [-0.2, 0) is 4.79 Å². The lowest BCUT2D eigenvalue weighted by Gasteiger charge is -2.18. The smallest absolute Gasteiger partial charge is 0.264 e. The van der Waals surface area contributed by atoms with Gasteiger partial charge in [0.05, 0.1) is 6.54 Å². The van der Waals surface area contributed by atoms with Crippen molar-refractivity contribution in [3.8, 4) is 0 Å². The molecule has 0 spiro atoms. The predicted octanol–water partition coefficient (Wildman–Crippen LogP) is -0.996. The molecule has 1 saturated heterocycles. The van der Waals surface area contributed by atoms with Crippen molar-refractivity contribution in [2.75, 3.05) is 38.0 Å². The van der Waals surface area contributed by atoms with Crippen LogP contribution in [0, 0.1) is 0 Å². The summed E-state index contributed by atoms with van der Waals surface area (Å²) in [5.74, 6) is 0.254. The van der Waals surface area contributed by atoms with Crippen LogP contribution in [0.25, 0.3) is 0 Å². The standard InChI is InChI=1S/C11H17N5O2/c17-10-3-2-9(14-15-10)13-11(18)8-16-6-1-4-12-5-7-16/h2-3,12H,1,4-8H2,(H,15,17)(H,13,14,18). The number of hydrogen-bond donors (Lipinski definition) is 3. The number of anilines is 1. The molecule has 0 radical (unpaired) electrons. The second-order valence-electron chi connectivity index (χ2n) is 4.23. The molecule has 0 bridgehead atoms. The number of rotatable bonds is 3. The fourth-order valence-corrected chi connectivity index (χ4v) is 1.86. The van der Waals surface area contributed by atoms with Crippen LogP contribution in [0.3, 0.4) is 0 Å². The topological polar surface area (TPSA) is 90.1 Å². The van der Waals surface area contributed by atoms with Gasteiger partial charge in [-0.1, -0.05) is 0 Å². The van der Waals surface area contributed by atoms with Crippen LogP contribution >= 0.6 is 0 Å². The van der Waals surface area contributed by atoms with E-state index >= 15 is 0 Å². The van der Waals surface area contributed by atoms with E-state index in [0.29, 0.717) is 12.4 Å². The highest BCUT2D eigenvalue weighted by Crippen LogP contribution is 1.99. The molecule has 0 saturated carbocycles. The third-order valence-corrected chi connectivity index (χ3v) is 2.75. The predicted molar refractivity (Wildman–Crippen MR) is 67.4 cm³/mol. The van der Waals surface area contributed by atoms with Gasteiger partial charge in [-0.3, -0.25) is 14.5 Å². The van der Waals surface area contributed by atoms with Gasteiger partial charge >= 0.3 is 0 Å². The van der Waals surface area contributed by atoms with Gasteiger partial charge in [-0.05, 0) is 25.6 Å². The normalized spacial score (nSPS) is 17.1. The van der Waals surface area contributed by atoms with Crippen LogP contribution in [-0.4, -0.2) is 53.7 Å². The van der Waals surface area contributed by atoms with Crippen LogP contribution in [0.2, 0.25) is 0 Å². The molecule has 1 aliphatic heterocycles. The van der Waals surface area contributed by atoms with Crippen molar-refractivity contribution in [2.24, 2.45) is 0 Å². The Labute approximate surface area is 105 Å². The lowest BCUT2D eigenvalue weighted by atomic mass is 10.4. The number of aromatic nitrogens is 2. The van der Waals surface area contributed by atoms with Crippen LogP contribution in [0.5, 0.6) is 0 Å². The van der Waals surface area contributed by atoms with Gasteiger partial charge in [-0.15, -0.1) is 0 Å². The summed E-state index contributed by atoms with van der Waals surface area (Å²) < 4.78 is 0. The summed E-state index contributed by atoms with van der Waals surface area (Å²) >= 11 is 0. The molecule has 2 heterocycles. The monoisotopic (exact) mass is 251 g/mol. The highest BCUT2D eigenvalue weighted by Gasteiger charge is 2.12. The maximum absolute atomic E-state index is 11.8. The van der Waals surface area contributed by atoms with Gasteiger partial charge in [-0.2, -0.15) is 5.10 Å². The highest BCUT2D eigenvalue weighted by molar-refractivity contribution is 5.91. The first-order valence-electron chi connectivity index (χ1n) is 6.03. The van der Waals surface area contributed by atoms with E-state index in [1.807, 2.05) is 0 Å². The summed E-state index contributed by atoms with van der Waals surface area (Å²) in [6, 6.07) is 2.82. The number of nitrogens with zero attached hydrogens (tertiary/aromatic N) is 2. The molecule has 7 nitrogen and oxygen atoms in total. The molecule has 0 aromatic carbocycles.